The molecule has 3 aromatic rings. The number of fused-ring (bicyclic) bond motifs is 1. The first-order valence-corrected chi connectivity index (χ1v) is 9.22. The molecule has 136 valence electrons. The Morgan fingerprint density at radius 2 is 2.00 bits per heavy atom. The van der Waals surface area contributed by atoms with Gasteiger partial charge < -0.3 is 14.6 Å². The van der Waals surface area contributed by atoms with Crippen LogP contribution in [0.15, 0.2) is 42.7 Å². The third-order valence-electron chi connectivity index (χ3n) is 4.02. The maximum Gasteiger partial charge on any atom is 0.337 e. The van der Waals surface area contributed by atoms with E-state index in [2.05, 4.69) is 24.1 Å². The molecule has 0 spiro atoms. The van der Waals surface area contributed by atoms with Gasteiger partial charge in [-0.25, -0.2) is 9.78 Å². The lowest BCUT2D eigenvalue weighted by Crippen LogP contribution is -2.26. The van der Waals surface area contributed by atoms with Gasteiger partial charge in [0.15, 0.2) is 5.13 Å². The van der Waals surface area contributed by atoms with E-state index >= 15 is 0 Å². The highest BCUT2D eigenvalue weighted by Gasteiger charge is 2.22. The SMILES string of the molecule is COC(=O)c1ccc2nc(NC(=O)C(CC(C)C)n3cccc3)sc2c1. The quantitative estimate of drug-likeness (QED) is 0.662. The number of thiazole rings is 1. The summed E-state index contributed by atoms with van der Waals surface area (Å²) >= 11 is 1.34. The lowest BCUT2D eigenvalue weighted by molar-refractivity contribution is -0.119. The predicted octanol–water partition coefficient (Wildman–Crippen LogP) is 4.11. The highest BCUT2D eigenvalue weighted by Crippen LogP contribution is 2.28. The number of carbonyl (C=O) groups is 2. The van der Waals surface area contributed by atoms with Crippen LogP contribution in [0.4, 0.5) is 5.13 Å². The Morgan fingerprint density at radius 1 is 1.27 bits per heavy atom. The van der Waals surface area contributed by atoms with Gasteiger partial charge in [0.1, 0.15) is 6.04 Å². The van der Waals surface area contributed by atoms with Crippen molar-refractivity contribution >= 4 is 38.6 Å². The number of amides is 1. The minimum Gasteiger partial charge on any atom is -0.465 e. The van der Waals surface area contributed by atoms with E-state index in [-0.39, 0.29) is 11.9 Å². The van der Waals surface area contributed by atoms with E-state index in [1.165, 1.54) is 18.4 Å². The smallest absolute Gasteiger partial charge is 0.337 e. The van der Waals surface area contributed by atoms with Crippen molar-refractivity contribution in [3.8, 4) is 0 Å². The van der Waals surface area contributed by atoms with Crippen molar-refractivity contribution in [3.05, 3.63) is 48.3 Å². The van der Waals surface area contributed by atoms with Crippen LogP contribution in [-0.2, 0) is 9.53 Å². The molecule has 2 aromatic heterocycles. The molecule has 7 heteroatoms. The average molecular weight is 371 g/mol. The molecule has 1 aromatic carbocycles. The Bertz CT molecular complexity index is 915. The van der Waals surface area contributed by atoms with Crippen molar-refractivity contribution in [2.45, 2.75) is 26.3 Å². The van der Waals surface area contributed by atoms with E-state index in [9.17, 15) is 9.59 Å². The third-order valence-corrected chi connectivity index (χ3v) is 4.96. The molecule has 0 aliphatic carbocycles. The summed E-state index contributed by atoms with van der Waals surface area (Å²) < 4.78 is 7.48. The summed E-state index contributed by atoms with van der Waals surface area (Å²) in [5, 5.41) is 3.44. The molecule has 0 aliphatic heterocycles. The number of methoxy groups -OCH3 is 1. The number of aromatic nitrogens is 2. The number of ether oxygens (including phenoxy) is 1. The summed E-state index contributed by atoms with van der Waals surface area (Å²) in [6.07, 6.45) is 4.53. The predicted molar refractivity (Wildman–Crippen MR) is 103 cm³/mol. The molecule has 0 fully saturated rings. The molecule has 0 saturated heterocycles. The van der Waals surface area contributed by atoms with Gasteiger partial charge in [0.25, 0.3) is 0 Å². The number of nitrogens with one attached hydrogen (secondary N) is 1. The Hall–Kier alpha value is -2.67. The number of hydrogen-bond acceptors (Lipinski definition) is 5. The number of esters is 1. The fourth-order valence-electron chi connectivity index (χ4n) is 2.78. The molecule has 0 aliphatic rings. The highest BCUT2D eigenvalue weighted by molar-refractivity contribution is 7.22. The molecule has 3 rings (SSSR count). The Balaban J connectivity index is 1.82. The molecule has 1 unspecified atom stereocenters. The molecule has 26 heavy (non-hydrogen) atoms. The van der Waals surface area contributed by atoms with Gasteiger partial charge in [-0.3, -0.25) is 4.79 Å². The highest BCUT2D eigenvalue weighted by atomic mass is 32.1. The van der Waals surface area contributed by atoms with Gasteiger partial charge in [0.2, 0.25) is 5.91 Å². The lowest BCUT2D eigenvalue weighted by Gasteiger charge is -2.19. The van der Waals surface area contributed by atoms with Crippen LogP contribution >= 0.6 is 11.3 Å². The van der Waals surface area contributed by atoms with Crippen LogP contribution in [0.25, 0.3) is 10.2 Å². The first kappa shape index (κ1) is 18.1. The van der Waals surface area contributed by atoms with Crippen LogP contribution in [0.2, 0.25) is 0 Å². The number of nitrogens with zero attached hydrogens (tertiary/aromatic N) is 2. The largest absolute Gasteiger partial charge is 0.465 e. The topological polar surface area (TPSA) is 73.2 Å². The Morgan fingerprint density at radius 3 is 2.65 bits per heavy atom. The maximum atomic E-state index is 12.8. The van der Waals surface area contributed by atoms with Crippen LogP contribution < -0.4 is 5.32 Å². The van der Waals surface area contributed by atoms with Gasteiger partial charge >= 0.3 is 5.97 Å². The summed E-state index contributed by atoms with van der Waals surface area (Å²) in [5.41, 5.74) is 1.20. The average Bonchev–Trinajstić information content (AvgIpc) is 3.27. The molecule has 6 nitrogen and oxygen atoms in total. The number of anilines is 1. The Labute approximate surface area is 155 Å². The second kappa shape index (κ2) is 7.70. The van der Waals surface area contributed by atoms with Crippen molar-refractivity contribution in [1.82, 2.24) is 9.55 Å². The number of hydrogen-bond donors (Lipinski definition) is 1. The first-order valence-electron chi connectivity index (χ1n) is 8.40. The van der Waals surface area contributed by atoms with Crippen LogP contribution in [0.5, 0.6) is 0 Å². The third kappa shape index (κ3) is 3.94. The molecule has 2 heterocycles. The summed E-state index contributed by atoms with van der Waals surface area (Å²) in [7, 11) is 1.35. The zero-order chi connectivity index (χ0) is 18.7. The molecule has 1 amide bonds. The second-order valence-electron chi connectivity index (χ2n) is 6.46. The van der Waals surface area contributed by atoms with Crippen molar-refractivity contribution in [3.63, 3.8) is 0 Å². The standard InChI is InChI=1S/C19H21N3O3S/c1-12(2)10-15(22-8-4-5-9-22)17(23)21-19-20-14-7-6-13(18(24)25-3)11-16(14)26-19/h4-9,11-12,15H,10H2,1-3H3,(H,20,21,23). The number of benzene rings is 1. The summed E-state index contributed by atoms with van der Waals surface area (Å²) in [4.78, 5) is 28.9. The minimum absolute atomic E-state index is 0.0952. The maximum absolute atomic E-state index is 12.8. The van der Waals surface area contributed by atoms with E-state index in [1.54, 1.807) is 18.2 Å². The zero-order valence-electron chi connectivity index (χ0n) is 14.9. The van der Waals surface area contributed by atoms with Crippen LogP contribution in [-0.4, -0.2) is 28.5 Å². The van der Waals surface area contributed by atoms with E-state index < -0.39 is 5.97 Å². The van der Waals surface area contributed by atoms with Gasteiger partial charge in [0, 0.05) is 12.4 Å². The zero-order valence-corrected chi connectivity index (χ0v) is 15.7. The van der Waals surface area contributed by atoms with Crippen molar-refractivity contribution in [2.75, 3.05) is 12.4 Å². The van der Waals surface area contributed by atoms with Crippen LogP contribution in [0, 0.1) is 5.92 Å². The fourth-order valence-corrected chi connectivity index (χ4v) is 3.69. The second-order valence-corrected chi connectivity index (χ2v) is 7.49. The van der Waals surface area contributed by atoms with Gasteiger partial charge in [-0.15, -0.1) is 0 Å². The van der Waals surface area contributed by atoms with E-state index in [0.29, 0.717) is 16.6 Å². The lowest BCUT2D eigenvalue weighted by atomic mass is 10.0. The molecule has 0 saturated carbocycles. The summed E-state index contributed by atoms with van der Waals surface area (Å²) in [5.74, 6) is -0.108. The molecular weight excluding hydrogens is 350 g/mol. The molecular formula is C19H21N3O3S. The molecule has 0 bridgehead atoms. The Kier molecular flexibility index (Phi) is 5.37. The van der Waals surface area contributed by atoms with Gasteiger partial charge in [-0.05, 0) is 42.7 Å². The monoisotopic (exact) mass is 371 g/mol. The van der Waals surface area contributed by atoms with Crippen molar-refractivity contribution in [1.29, 1.82) is 0 Å². The normalized spacial score (nSPS) is 12.3. The van der Waals surface area contributed by atoms with Crippen LogP contribution in [0.3, 0.4) is 0 Å². The van der Waals surface area contributed by atoms with Crippen LogP contribution in [0.1, 0.15) is 36.7 Å². The van der Waals surface area contributed by atoms with E-state index in [4.69, 9.17) is 4.74 Å². The summed E-state index contributed by atoms with van der Waals surface area (Å²) in [6.45, 7) is 4.19. The molecule has 1 atom stereocenters. The molecule has 1 N–H and O–H groups in total. The number of rotatable bonds is 6. The molecule has 0 radical (unpaired) electrons. The van der Waals surface area contributed by atoms with E-state index in [1.807, 2.05) is 29.1 Å². The number of carbonyl (C=O) groups excluding carboxylic acids is 2. The van der Waals surface area contributed by atoms with Crippen molar-refractivity contribution < 1.29 is 14.3 Å². The van der Waals surface area contributed by atoms with E-state index in [0.717, 1.165) is 16.6 Å². The summed E-state index contributed by atoms with van der Waals surface area (Å²) in [6, 6.07) is 8.68. The van der Waals surface area contributed by atoms with Gasteiger partial charge in [-0.2, -0.15) is 0 Å². The van der Waals surface area contributed by atoms with Crippen molar-refractivity contribution in [2.24, 2.45) is 5.92 Å². The fraction of sp³-hybridized carbons (Fsp3) is 0.316. The minimum atomic E-state index is -0.393. The van der Waals surface area contributed by atoms with Gasteiger partial charge in [-0.1, -0.05) is 25.2 Å². The first-order chi connectivity index (χ1) is 12.5. The van der Waals surface area contributed by atoms with Gasteiger partial charge in [0.05, 0.1) is 22.9 Å².